The summed E-state index contributed by atoms with van der Waals surface area (Å²) in [6.07, 6.45) is 2.85. The number of hydrogen-bond donors (Lipinski definition) is 1. The van der Waals surface area contributed by atoms with Crippen molar-refractivity contribution in [2.24, 2.45) is 0 Å². The van der Waals surface area contributed by atoms with Crippen LogP contribution < -0.4 is 5.32 Å². The van der Waals surface area contributed by atoms with Crippen LogP contribution in [0.3, 0.4) is 0 Å². The van der Waals surface area contributed by atoms with E-state index in [0.717, 1.165) is 18.5 Å². The van der Waals surface area contributed by atoms with E-state index in [4.69, 9.17) is 0 Å². The second-order valence-electron chi connectivity index (χ2n) is 5.26. The second kappa shape index (κ2) is 6.51. The van der Waals surface area contributed by atoms with Gasteiger partial charge in [0.1, 0.15) is 0 Å². The maximum atomic E-state index is 4.46. The van der Waals surface area contributed by atoms with Crippen molar-refractivity contribution in [3.63, 3.8) is 0 Å². The van der Waals surface area contributed by atoms with Crippen LogP contribution in [0.4, 0.5) is 0 Å². The predicted molar refractivity (Wildman–Crippen MR) is 88.3 cm³/mol. The van der Waals surface area contributed by atoms with E-state index in [1.807, 2.05) is 12.3 Å². The Hall–Kier alpha value is -2.19. The molecule has 0 saturated heterocycles. The minimum atomic E-state index is 0.323. The Morgan fingerprint density at radius 2 is 1.86 bits per heavy atom. The molecular weight excluding hydrogens is 256 g/mol. The number of hydrogen-bond acceptors (Lipinski definition) is 2. The van der Waals surface area contributed by atoms with Crippen molar-refractivity contribution >= 4 is 10.9 Å². The van der Waals surface area contributed by atoms with Gasteiger partial charge >= 0.3 is 0 Å². The molecule has 0 saturated carbocycles. The van der Waals surface area contributed by atoms with Crippen molar-refractivity contribution in [2.75, 3.05) is 6.54 Å². The van der Waals surface area contributed by atoms with Crippen molar-refractivity contribution in [3.05, 3.63) is 78.0 Å². The summed E-state index contributed by atoms with van der Waals surface area (Å²) in [5, 5.41) is 4.78. The van der Waals surface area contributed by atoms with Gasteiger partial charge in [-0.2, -0.15) is 0 Å². The fourth-order valence-corrected chi connectivity index (χ4v) is 2.70. The Kier molecular flexibility index (Phi) is 4.27. The molecule has 1 N–H and O–H groups in total. The Labute approximate surface area is 125 Å². The number of nitrogens with one attached hydrogen (secondary N) is 1. The number of rotatable bonds is 5. The minimum Gasteiger partial charge on any atom is -0.310 e. The summed E-state index contributed by atoms with van der Waals surface area (Å²) in [7, 11) is 0. The van der Waals surface area contributed by atoms with E-state index in [1.54, 1.807) is 0 Å². The highest BCUT2D eigenvalue weighted by Crippen LogP contribution is 2.22. The van der Waals surface area contributed by atoms with Gasteiger partial charge in [-0.05, 0) is 36.2 Å². The number of likely N-dealkylation sites (N-methyl/N-ethyl adjacent to an activating group) is 1. The van der Waals surface area contributed by atoms with Gasteiger partial charge in [-0.25, -0.2) is 0 Å². The molecule has 3 rings (SSSR count). The van der Waals surface area contributed by atoms with Crippen LogP contribution in [-0.2, 0) is 6.42 Å². The lowest BCUT2D eigenvalue weighted by Crippen LogP contribution is -2.22. The lowest BCUT2D eigenvalue weighted by atomic mass is 9.97. The molecule has 0 spiro atoms. The van der Waals surface area contributed by atoms with E-state index in [2.05, 4.69) is 71.8 Å². The Bertz CT molecular complexity index is 707. The average Bonchev–Trinajstić information content (AvgIpc) is 2.55. The third-order valence-electron chi connectivity index (χ3n) is 3.77. The van der Waals surface area contributed by atoms with Crippen molar-refractivity contribution in [1.29, 1.82) is 0 Å². The van der Waals surface area contributed by atoms with Crippen LogP contribution >= 0.6 is 0 Å². The third-order valence-corrected chi connectivity index (χ3v) is 3.77. The zero-order valence-corrected chi connectivity index (χ0v) is 12.3. The molecule has 0 aliphatic heterocycles. The van der Waals surface area contributed by atoms with Gasteiger partial charge in [0, 0.05) is 17.6 Å². The number of aromatic nitrogens is 1. The van der Waals surface area contributed by atoms with E-state index in [9.17, 15) is 0 Å². The number of benzene rings is 2. The third kappa shape index (κ3) is 3.29. The molecule has 21 heavy (non-hydrogen) atoms. The zero-order chi connectivity index (χ0) is 14.5. The second-order valence-corrected chi connectivity index (χ2v) is 5.26. The van der Waals surface area contributed by atoms with E-state index in [-0.39, 0.29) is 0 Å². The van der Waals surface area contributed by atoms with Gasteiger partial charge in [0.2, 0.25) is 0 Å². The predicted octanol–water partition coefficient (Wildman–Crippen LogP) is 4.13. The van der Waals surface area contributed by atoms with Crippen LogP contribution in [0, 0.1) is 0 Å². The Balaban J connectivity index is 1.91. The molecule has 1 heterocycles. The monoisotopic (exact) mass is 276 g/mol. The van der Waals surface area contributed by atoms with Gasteiger partial charge in [0.05, 0.1) is 5.52 Å². The highest BCUT2D eigenvalue weighted by Gasteiger charge is 2.11. The van der Waals surface area contributed by atoms with Gasteiger partial charge in [0.15, 0.2) is 0 Å². The normalized spacial score (nSPS) is 12.4. The van der Waals surface area contributed by atoms with Crippen molar-refractivity contribution in [3.8, 4) is 0 Å². The van der Waals surface area contributed by atoms with Gasteiger partial charge < -0.3 is 5.32 Å². The van der Waals surface area contributed by atoms with Crippen molar-refractivity contribution in [1.82, 2.24) is 10.3 Å². The van der Waals surface area contributed by atoms with Gasteiger partial charge in [-0.1, -0.05) is 55.5 Å². The molecule has 2 heteroatoms. The van der Waals surface area contributed by atoms with Crippen LogP contribution in [-0.4, -0.2) is 11.5 Å². The average molecular weight is 276 g/mol. The molecule has 0 radical (unpaired) electrons. The van der Waals surface area contributed by atoms with Crippen LogP contribution in [0.15, 0.2) is 66.9 Å². The molecule has 2 nitrogen and oxygen atoms in total. The van der Waals surface area contributed by atoms with E-state index < -0.39 is 0 Å². The van der Waals surface area contributed by atoms with Crippen LogP contribution in [0.2, 0.25) is 0 Å². The van der Waals surface area contributed by atoms with Crippen molar-refractivity contribution in [2.45, 2.75) is 19.4 Å². The number of pyridine rings is 1. The van der Waals surface area contributed by atoms with Crippen LogP contribution in [0.25, 0.3) is 10.9 Å². The summed E-state index contributed by atoms with van der Waals surface area (Å²) in [6.45, 7) is 3.11. The minimum absolute atomic E-state index is 0.323. The van der Waals surface area contributed by atoms with E-state index >= 15 is 0 Å². The summed E-state index contributed by atoms with van der Waals surface area (Å²) in [5.41, 5.74) is 3.71. The fourth-order valence-electron chi connectivity index (χ4n) is 2.70. The maximum absolute atomic E-state index is 4.46. The molecular formula is C19H20N2. The summed E-state index contributed by atoms with van der Waals surface area (Å²) in [4.78, 5) is 4.46. The first-order valence-corrected chi connectivity index (χ1v) is 7.49. The van der Waals surface area contributed by atoms with E-state index in [0.29, 0.717) is 6.04 Å². The zero-order valence-electron chi connectivity index (χ0n) is 12.3. The molecule has 106 valence electrons. The first-order valence-electron chi connectivity index (χ1n) is 7.49. The first kappa shape index (κ1) is 13.8. The smallest absolute Gasteiger partial charge is 0.0705 e. The maximum Gasteiger partial charge on any atom is 0.0705 e. The number of nitrogens with zero attached hydrogens (tertiary/aromatic N) is 1. The lowest BCUT2D eigenvalue weighted by Gasteiger charge is -2.19. The highest BCUT2D eigenvalue weighted by atomic mass is 14.9. The molecule has 0 amide bonds. The van der Waals surface area contributed by atoms with Crippen molar-refractivity contribution < 1.29 is 0 Å². The van der Waals surface area contributed by atoms with Gasteiger partial charge in [-0.15, -0.1) is 0 Å². The molecule has 1 aromatic heterocycles. The first-order chi connectivity index (χ1) is 10.4. The number of fused-ring (bicyclic) bond motifs is 1. The SMILES string of the molecule is CCNC(Cc1ccccc1)c1ccc2cccnc2c1. The molecule has 0 aliphatic carbocycles. The topological polar surface area (TPSA) is 24.9 Å². The summed E-state index contributed by atoms with van der Waals surface area (Å²) >= 11 is 0. The molecule has 0 fully saturated rings. The van der Waals surface area contributed by atoms with Gasteiger partial charge in [-0.3, -0.25) is 4.98 Å². The molecule has 3 aromatic rings. The molecule has 1 unspecified atom stereocenters. The molecule has 2 aromatic carbocycles. The summed E-state index contributed by atoms with van der Waals surface area (Å²) in [6, 6.07) is 21.6. The molecule has 1 atom stereocenters. The van der Waals surface area contributed by atoms with Crippen LogP contribution in [0.5, 0.6) is 0 Å². The Morgan fingerprint density at radius 3 is 2.67 bits per heavy atom. The Morgan fingerprint density at radius 1 is 1.00 bits per heavy atom. The summed E-state index contributed by atoms with van der Waals surface area (Å²) in [5.74, 6) is 0. The molecule has 0 aliphatic rings. The largest absolute Gasteiger partial charge is 0.310 e. The van der Waals surface area contributed by atoms with Crippen LogP contribution in [0.1, 0.15) is 24.1 Å². The highest BCUT2D eigenvalue weighted by molar-refractivity contribution is 5.79. The standard InChI is InChI=1S/C19H20N2/c1-2-20-18(13-15-7-4-3-5-8-15)17-11-10-16-9-6-12-21-19(16)14-17/h3-12,14,18,20H,2,13H2,1H3. The van der Waals surface area contributed by atoms with Gasteiger partial charge in [0.25, 0.3) is 0 Å². The lowest BCUT2D eigenvalue weighted by molar-refractivity contribution is 0.550. The summed E-state index contributed by atoms with van der Waals surface area (Å²) < 4.78 is 0. The molecule has 0 bridgehead atoms. The fraction of sp³-hybridized carbons (Fsp3) is 0.211. The quantitative estimate of drug-likeness (QED) is 0.758. The van der Waals surface area contributed by atoms with E-state index in [1.165, 1.54) is 16.5 Å².